The number of nitrogens with zero attached hydrogens (tertiary/aromatic N) is 1. The lowest BCUT2D eigenvalue weighted by molar-refractivity contribution is 0.125. The molecule has 28 heavy (non-hydrogen) atoms. The Kier molecular flexibility index (Phi) is 4.78. The van der Waals surface area contributed by atoms with Crippen LogP contribution in [0.3, 0.4) is 0 Å². The van der Waals surface area contributed by atoms with Gasteiger partial charge in [-0.25, -0.2) is 0 Å². The Morgan fingerprint density at radius 2 is 1.54 bits per heavy atom. The minimum atomic E-state index is -0.204. The van der Waals surface area contributed by atoms with Gasteiger partial charge in [0.15, 0.2) is 0 Å². The van der Waals surface area contributed by atoms with Gasteiger partial charge >= 0.3 is 0 Å². The van der Waals surface area contributed by atoms with Gasteiger partial charge in [-0.05, 0) is 66.7 Å². The first-order valence-electron chi connectivity index (χ1n) is 10.4. The molecule has 2 heteroatoms. The van der Waals surface area contributed by atoms with Gasteiger partial charge in [0.1, 0.15) is 0 Å². The number of hydrogen-bond donors (Lipinski definition) is 0. The predicted molar refractivity (Wildman–Crippen MR) is 119 cm³/mol. The maximum absolute atomic E-state index is 2.77. The van der Waals surface area contributed by atoms with Crippen molar-refractivity contribution in [2.45, 2.75) is 42.4 Å². The second-order valence-corrected chi connectivity index (χ2v) is 9.09. The van der Waals surface area contributed by atoms with Gasteiger partial charge in [0.2, 0.25) is 0 Å². The van der Waals surface area contributed by atoms with Crippen molar-refractivity contribution in [2.75, 3.05) is 13.1 Å². The minimum absolute atomic E-state index is 0.204. The van der Waals surface area contributed by atoms with Crippen molar-refractivity contribution in [1.29, 1.82) is 0 Å². The third-order valence-corrected chi connectivity index (χ3v) is 7.44. The normalized spacial score (nSPS) is 22.2. The van der Waals surface area contributed by atoms with Gasteiger partial charge in [-0.3, -0.25) is 4.90 Å². The number of hydrogen-bond acceptors (Lipinski definition) is 2. The number of aryl methyl sites for hydroxylation is 1. The molecule has 5 rings (SSSR count). The van der Waals surface area contributed by atoms with Crippen LogP contribution in [0.5, 0.6) is 0 Å². The van der Waals surface area contributed by atoms with Crippen LogP contribution >= 0.6 is 11.8 Å². The van der Waals surface area contributed by atoms with Crippen molar-refractivity contribution in [2.24, 2.45) is 0 Å². The van der Waals surface area contributed by atoms with Crippen molar-refractivity contribution >= 4 is 11.8 Å². The molecule has 142 valence electrons. The summed E-state index contributed by atoms with van der Waals surface area (Å²) in [5.74, 6) is 1.04. The van der Waals surface area contributed by atoms with Crippen LogP contribution in [0.4, 0.5) is 0 Å². The standard InChI is InChI=1S/C26H27NS/c1-20-14-15-24-25(18-20)28-19-21-10-6-7-13-23(21)26(24,22-11-4-2-5-12-22)27-16-8-3-9-17-27/h2,4-7,10-15,18H,3,8-9,16-17,19H2,1H3. The smallest absolute Gasteiger partial charge is 0.0986 e. The molecular weight excluding hydrogens is 358 g/mol. The number of piperidine rings is 1. The number of fused-ring (bicyclic) bond motifs is 2. The number of rotatable bonds is 2. The zero-order chi connectivity index (χ0) is 19.0. The van der Waals surface area contributed by atoms with Crippen LogP contribution in [0.25, 0.3) is 0 Å². The summed E-state index contributed by atoms with van der Waals surface area (Å²) in [5.41, 5.74) is 6.94. The summed E-state index contributed by atoms with van der Waals surface area (Å²) in [6, 6.07) is 27.5. The molecule has 3 aromatic carbocycles. The van der Waals surface area contributed by atoms with E-state index in [9.17, 15) is 0 Å². The van der Waals surface area contributed by atoms with Gasteiger partial charge in [-0.1, -0.05) is 73.2 Å². The molecule has 2 heterocycles. The molecule has 1 fully saturated rings. The Bertz CT molecular complexity index is 975. The van der Waals surface area contributed by atoms with Crippen LogP contribution in [-0.4, -0.2) is 18.0 Å². The summed E-state index contributed by atoms with van der Waals surface area (Å²) >= 11 is 2.00. The van der Waals surface area contributed by atoms with E-state index in [0.717, 1.165) is 18.8 Å². The Morgan fingerprint density at radius 3 is 2.36 bits per heavy atom. The third kappa shape index (κ3) is 2.82. The molecule has 0 aliphatic carbocycles. The highest BCUT2D eigenvalue weighted by molar-refractivity contribution is 7.98. The van der Waals surface area contributed by atoms with Crippen LogP contribution < -0.4 is 0 Å². The number of likely N-dealkylation sites (tertiary alicyclic amines) is 1. The van der Waals surface area contributed by atoms with Gasteiger partial charge in [0, 0.05) is 10.6 Å². The molecule has 0 aromatic heterocycles. The summed E-state index contributed by atoms with van der Waals surface area (Å²) in [6.07, 6.45) is 3.91. The lowest BCUT2D eigenvalue weighted by Gasteiger charge is -2.48. The fourth-order valence-electron chi connectivity index (χ4n) is 5.09. The van der Waals surface area contributed by atoms with Crippen LogP contribution in [0.2, 0.25) is 0 Å². The Balaban J connectivity index is 1.88. The molecule has 1 nitrogen and oxygen atoms in total. The quantitative estimate of drug-likeness (QED) is 0.503. The van der Waals surface area contributed by atoms with Gasteiger partial charge < -0.3 is 0 Å². The van der Waals surface area contributed by atoms with Gasteiger partial charge in [-0.2, -0.15) is 0 Å². The average Bonchev–Trinajstić information content (AvgIpc) is 2.90. The molecule has 3 aromatic rings. The van der Waals surface area contributed by atoms with E-state index in [1.807, 2.05) is 11.8 Å². The molecule has 1 atom stereocenters. The van der Waals surface area contributed by atoms with Crippen LogP contribution in [0.1, 0.15) is 47.1 Å². The topological polar surface area (TPSA) is 3.24 Å². The molecular formula is C26H27NS. The second kappa shape index (κ2) is 7.42. The van der Waals surface area contributed by atoms with E-state index in [0.29, 0.717) is 0 Å². The molecule has 1 unspecified atom stereocenters. The van der Waals surface area contributed by atoms with Crippen LogP contribution in [0.15, 0.2) is 77.7 Å². The molecule has 2 aliphatic rings. The van der Waals surface area contributed by atoms with E-state index >= 15 is 0 Å². The van der Waals surface area contributed by atoms with E-state index < -0.39 is 0 Å². The zero-order valence-corrected chi connectivity index (χ0v) is 17.3. The highest BCUT2D eigenvalue weighted by atomic mass is 32.2. The summed E-state index contributed by atoms with van der Waals surface area (Å²) in [7, 11) is 0. The van der Waals surface area contributed by atoms with E-state index in [1.54, 1.807) is 0 Å². The summed E-state index contributed by atoms with van der Waals surface area (Å²) in [5, 5.41) is 0. The number of benzene rings is 3. The molecule has 0 bridgehead atoms. The minimum Gasteiger partial charge on any atom is -0.286 e. The highest BCUT2D eigenvalue weighted by Crippen LogP contribution is 2.51. The molecule has 0 amide bonds. The second-order valence-electron chi connectivity index (χ2n) is 8.07. The molecule has 0 radical (unpaired) electrons. The molecule has 0 spiro atoms. The van der Waals surface area contributed by atoms with E-state index in [-0.39, 0.29) is 5.54 Å². The van der Waals surface area contributed by atoms with E-state index in [4.69, 9.17) is 0 Å². The molecule has 0 N–H and O–H groups in total. The Morgan fingerprint density at radius 1 is 0.786 bits per heavy atom. The Hall–Kier alpha value is -2.03. The van der Waals surface area contributed by atoms with E-state index in [1.165, 1.54) is 52.0 Å². The number of thioether (sulfide) groups is 1. The maximum atomic E-state index is 2.77. The summed E-state index contributed by atoms with van der Waals surface area (Å²) < 4.78 is 0. The molecule has 2 aliphatic heterocycles. The largest absolute Gasteiger partial charge is 0.286 e. The highest BCUT2D eigenvalue weighted by Gasteiger charge is 2.46. The van der Waals surface area contributed by atoms with Crippen molar-refractivity contribution < 1.29 is 0 Å². The van der Waals surface area contributed by atoms with Crippen molar-refractivity contribution in [3.8, 4) is 0 Å². The fourth-order valence-corrected chi connectivity index (χ4v) is 6.29. The zero-order valence-electron chi connectivity index (χ0n) is 16.5. The SMILES string of the molecule is Cc1ccc2c(c1)SCc1ccccc1C2(c1ccccc1)N1CCCCC1. The van der Waals surface area contributed by atoms with E-state index in [2.05, 4.69) is 84.6 Å². The molecule has 0 saturated carbocycles. The van der Waals surface area contributed by atoms with Crippen LogP contribution in [-0.2, 0) is 11.3 Å². The van der Waals surface area contributed by atoms with Crippen molar-refractivity contribution in [1.82, 2.24) is 4.90 Å². The third-order valence-electron chi connectivity index (χ3n) is 6.34. The summed E-state index contributed by atoms with van der Waals surface area (Å²) in [4.78, 5) is 4.20. The molecule has 1 saturated heterocycles. The van der Waals surface area contributed by atoms with Gasteiger partial charge in [0.25, 0.3) is 0 Å². The first-order valence-corrected chi connectivity index (χ1v) is 11.4. The lowest BCUT2D eigenvalue weighted by atomic mass is 9.73. The van der Waals surface area contributed by atoms with Gasteiger partial charge in [0.05, 0.1) is 5.54 Å². The van der Waals surface area contributed by atoms with Gasteiger partial charge in [-0.15, -0.1) is 11.8 Å². The monoisotopic (exact) mass is 385 g/mol. The lowest BCUT2D eigenvalue weighted by Crippen LogP contribution is -2.50. The first kappa shape index (κ1) is 18.0. The predicted octanol–water partition coefficient (Wildman–Crippen LogP) is 6.38. The van der Waals surface area contributed by atoms with Crippen LogP contribution in [0, 0.1) is 6.92 Å². The first-order chi connectivity index (χ1) is 13.8. The van der Waals surface area contributed by atoms with Crippen molar-refractivity contribution in [3.05, 3.63) is 101 Å². The average molecular weight is 386 g/mol. The fraction of sp³-hybridized carbons (Fsp3) is 0.308. The Labute approximate surface area is 172 Å². The maximum Gasteiger partial charge on any atom is 0.0986 e. The summed E-state index contributed by atoms with van der Waals surface area (Å²) in [6.45, 7) is 4.52. The van der Waals surface area contributed by atoms with Crippen molar-refractivity contribution in [3.63, 3.8) is 0 Å².